The first-order valence-corrected chi connectivity index (χ1v) is 12.4. The second-order valence-corrected chi connectivity index (χ2v) is 9.82. The van der Waals surface area contributed by atoms with Gasteiger partial charge in [-0.3, -0.25) is 14.6 Å². The molecule has 38 heavy (non-hydrogen) atoms. The van der Waals surface area contributed by atoms with Gasteiger partial charge in [-0.2, -0.15) is 13.2 Å². The molecule has 4 N–H and O–H groups in total. The van der Waals surface area contributed by atoms with Gasteiger partial charge in [-0.1, -0.05) is 32.4 Å². The van der Waals surface area contributed by atoms with Crippen LogP contribution in [0.5, 0.6) is 0 Å². The molecule has 0 aliphatic heterocycles. The van der Waals surface area contributed by atoms with E-state index in [1.165, 1.54) is 12.1 Å². The van der Waals surface area contributed by atoms with Crippen LogP contribution in [0.25, 0.3) is 10.9 Å². The Morgan fingerprint density at radius 1 is 1.18 bits per heavy atom. The number of carboxylic acid groups (broad SMARTS) is 1. The van der Waals surface area contributed by atoms with Crippen molar-refractivity contribution < 1.29 is 32.7 Å². The van der Waals surface area contributed by atoms with Crippen LogP contribution in [0.4, 0.5) is 13.2 Å². The second kappa shape index (κ2) is 10.5. The van der Waals surface area contributed by atoms with E-state index in [1.807, 2.05) is 6.92 Å². The van der Waals surface area contributed by atoms with Crippen LogP contribution in [0, 0.1) is 5.92 Å². The highest BCUT2D eigenvalue weighted by atomic mass is 19.4. The van der Waals surface area contributed by atoms with Gasteiger partial charge in [-0.25, -0.2) is 4.79 Å². The maximum atomic E-state index is 13.6. The lowest BCUT2D eigenvalue weighted by atomic mass is 9.79. The summed E-state index contributed by atoms with van der Waals surface area (Å²) >= 11 is 0. The minimum Gasteiger partial charge on any atom is -0.479 e. The fraction of sp³-hybridized carbons (Fsp3) is 0.407. The highest BCUT2D eigenvalue weighted by molar-refractivity contribution is 5.94. The van der Waals surface area contributed by atoms with Crippen LogP contribution in [-0.2, 0) is 39.8 Å². The Balaban J connectivity index is 1.60. The van der Waals surface area contributed by atoms with Crippen LogP contribution < -0.4 is 10.6 Å². The summed E-state index contributed by atoms with van der Waals surface area (Å²) in [5.41, 5.74) is -1.01. The largest absolute Gasteiger partial charge is 0.479 e. The lowest BCUT2D eigenvalue weighted by Crippen LogP contribution is -2.62. The van der Waals surface area contributed by atoms with Crippen molar-refractivity contribution in [3.8, 4) is 0 Å². The molecule has 3 atom stereocenters. The van der Waals surface area contributed by atoms with E-state index in [4.69, 9.17) is 0 Å². The number of para-hydroxylation sites is 1. The summed E-state index contributed by atoms with van der Waals surface area (Å²) < 4.78 is 40.7. The van der Waals surface area contributed by atoms with Crippen molar-refractivity contribution in [3.05, 3.63) is 65.1 Å². The van der Waals surface area contributed by atoms with E-state index in [-0.39, 0.29) is 42.5 Å². The first-order valence-electron chi connectivity index (χ1n) is 12.4. The number of carbonyl (C=O) groups excluding carboxylic acids is 2. The summed E-state index contributed by atoms with van der Waals surface area (Å²) in [5.74, 6) is -2.64. The van der Waals surface area contributed by atoms with Crippen molar-refractivity contribution in [1.82, 2.24) is 20.6 Å². The third-order valence-electron chi connectivity index (χ3n) is 7.31. The highest BCUT2D eigenvalue weighted by Gasteiger charge is 2.46. The molecule has 0 fully saturated rings. The van der Waals surface area contributed by atoms with E-state index < -0.39 is 41.1 Å². The molecule has 11 heteroatoms. The fourth-order valence-corrected chi connectivity index (χ4v) is 4.98. The number of aryl methyl sites for hydroxylation is 1. The first-order chi connectivity index (χ1) is 17.9. The molecule has 4 rings (SSSR count). The molecule has 0 saturated heterocycles. The standard InChI is InChI=1S/C27H29F3N4O4/c1-3-15(2)22(33-21(35)13-16-8-11-31-12-9-16)24(36)34-26(25(37)38)10-7-20-18(14-26)17-5-4-6-19(23(17)32-20)27(28,29)30/h4-6,8-9,11-12,15,22,32H,3,7,10,13-14H2,1-2H3,(H,33,35)(H,34,36)(H,37,38). The Bertz CT molecular complexity index is 1360. The molecule has 8 nitrogen and oxygen atoms in total. The Labute approximate surface area is 217 Å². The van der Waals surface area contributed by atoms with Gasteiger partial charge >= 0.3 is 12.1 Å². The smallest absolute Gasteiger partial charge is 0.418 e. The maximum absolute atomic E-state index is 13.6. The average molecular weight is 531 g/mol. The van der Waals surface area contributed by atoms with Gasteiger partial charge in [0.25, 0.3) is 0 Å². The van der Waals surface area contributed by atoms with E-state index in [9.17, 15) is 32.7 Å². The molecule has 1 aliphatic carbocycles. The van der Waals surface area contributed by atoms with Gasteiger partial charge < -0.3 is 20.7 Å². The fourth-order valence-electron chi connectivity index (χ4n) is 4.98. The van der Waals surface area contributed by atoms with E-state index in [0.29, 0.717) is 23.2 Å². The number of nitrogens with one attached hydrogen (secondary N) is 3. The summed E-state index contributed by atoms with van der Waals surface area (Å²) in [4.78, 5) is 45.4. The normalized spacial score (nSPS) is 18.9. The van der Waals surface area contributed by atoms with Crippen molar-refractivity contribution >= 4 is 28.7 Å². The number of benzene rings is 1. The lowest BCUT2D eigenvalue weighted by molar-refractivity contribution is -0.149. The number of pyridine rings is 1. The number of carboxylic acids is 1. The zero-order valence-corrected chi connectivity index (χ0v) is 21.0. The third-order valence-corrected chi connectivity index (χ3v) is 7.31. The molecule has 2 aromatic heterocycles. The van der Waals surface area contributed by atoms with Gasteiger partial charge in [-0.15, -0.1) is 0 Å². The summed E-state index contributed by atoms with van der Waals surface area (Å²) in [6.45, 7) is 3.63. The van der Waals surface area contributed by atoms with E-state index in [2.05, 4.69) is 20.6 Å². The molecule has 202 valence electrons. The van der Waals surface area contributed by atoms with Gasteiger partial charge in [0.2, 0.25) is 11.8 Å². The second-order valence-electron chi connectivity index (χ2n) is 9.82. The number of nitrogens with zero attached hydrogens (tertiary/aromatic N) is 1. The third kappa shape index (κ3) is 5.36. The zero-order chi connectivity index (χ0) is 27.7. The number of aliphatic carboxylic acids is 1. The van der Waals surface area contributed by atoms with Crippen LogP contribution in [0.1, 0.15) is 49.1 Å². The molecule has 0 saturated carbocycles. The van der Waals surface area contributed by atoms with Crippen LogP contribution >= 0.6 is 0 Å². The summed E-state index contributed by atoms with van der Waals surface area (Å²) in [7, 11) is 0. The van der Waals surface area contributed by atoms with Gasteiger partial charge in [0.05, 0.1) is 17.5 Å². The number of hydrogen-bond donors (Lipinski definition) is 4. The lowest BCUT2D eigenvalue weighted by Gasteiger charge is -2.36. The summed E-state index contributed by atoms with van der Waals surface area (Å²) in [6, 6.07) is 6.14. The number of H-pyrrole nitrogens is 1. The van der Waals surface area contributed by atoms with Crippen molar-refractivity contribution in [3.63, 3.8) is 0 Å². The number of aromatic nitrogens is 2. The molecule has 0 bridgehead atoms. The molecule has 3 aromatic rings. The van der Waals surface area contributed by atoms with Gasteiger partial charge in [0.15, 0.2) is 0 Å². The number of halogens is 3. The number of alkyl halides is 3. The molecule has 2 amide bonds. The van der Waals surface area contributed by atoms with Crippen molar-refractivity contribution in [2.24, 2.45) is 5.92 Å². The van der Waals surface area contributed by atoms with E-state index >= 15 is 0 Å². The molecule has 1 aromatic carbocycles. The number of carbonyl (C=O) groups is 3. The molecule has 2 heterocycles. The van der Waals surface area contributed by atoms with Gasteiger partial charge in [-0.05, 0) is 48.1 Å². The van der Waals surface area contributed by atoms with E-state index in [1.54, 1.807) is 31.5 Å². The zero-order valence-electron chi connectivity index (χ0n) is 21.0. The van der Waals surface area contributed by atoms with Crippen molar-refractivity contribution in [2.75, 3.05) is 0 Å². The molecular formula is C27H29F3N4O4. The SMILES string of the molecule is CCC(C)C(NC(=O)Cc1ccncc1)C(=O)NC1(C(=O)O)CCc2[nH]c3c(C(F)(F)F)cccc3c2C1. The monoisotopic (exact) mass is 530 g/mol. The number of rotatable bonds is 8. The number of amides is 2. The van der Waals surface area contributed by atoms with Gasteiger partial charge in [0, 0.05) is 29.9 Å². The Morgan fingerprint density at radius 2 is 1.89 bits per heavy atom. The molecule has 1 aliphatic rings. The Hall–Kier alpha value is -3.89. The number of aromatic amines is 1. The quantitative estimate of drug-likeness (QED) is 0.353. The number of fused-ring (bicyclic) bond motifs is 3. The Kier molecular flexibility index (Phi) is 7.48. The first kappa shape index (κ1) is 27.2. The van der Waals surface area contributed by atoms with E-state index in [0.717, 1.165) is 6.07 Å². The highest BCUT2D eigenvalue weighted by Crippen LogP contribution is 2.40. The minimum atomic E-state index is -4.58. The molecular weight excluding hydrogens is 501 g/mol. The molecule has 3 unspecified atom stereocenters. The number of hydrogen-bond acceptors (Lipinski definition) is 4. The summed E-state index contributed by atoms with van der Waals surface area (Å²) in [6.07, 6.45) is -0.987. The van der Waals surface area contributed by atoms with Crippen LogP contribution in [0.15, 0.2) is 42.7 Å². The topological polar surface area (TPSA) is 124 Å². The van der Waals surface area contributed by atoms with Gasteiger partial charge in [0.1, 0.15) is 11.6 Å². The van der Waals surface area contributed by atoms with Crippen molar-refractivity contribution in [2.45, 2.75) is 63.7 Å². The predicted octanol–water partition coefficient (Wildman–Crippen LogP) is 3.78. The van der Waals surface area contributed by atoms with Crippen LogP contribution in [-0.4, -0.2) is 44.4 Å². The Morgan fingerprint density at radius 3 is 2.53 bits per heavy atom. The molecule has 0 radical (unpaired) electrons. The minimum absolute atomic E-state index is 0.0204. The van der Waals surface area contributed by atoms with Crippen LogP contribution in [0.3, 0.4) is 0 Å². The summed E-state index contributed by atoms with van der Waals surface area (Å²) in [5, 5.41) is 15.9. The van der Waals surface area contributed by atoms with Crippen LogP contribution in [0.2, 0.25) is 0 Å². The average Bonchev–Trinajstić information content (AvgIpc) is 3.24. The predicted molar refractivity (Wildman–Crippen MR) is 133 cm³/mol. The van der Waals surface area contributed by atoms with Crippen molar-refractivity contribution in [1.29, 1.82) is 0 Å². The maximum Gasteiger partial charge on any atom is 0.418 e. The molecule has 0 spiro atoms.